The van der Waals surface area contributed by atoms with Crippen LogP contribution in [0.5, 0.6) is 0 Å². The monoisotopic (exact) mass is 291 g/mol. The van der Waals surface area contributed by atoms with E-state index in [1.165, 1.54) is 28.0 Å². The highest BCUT2D eigenvalue weighted by molar-refractivity contribution is 7.12. The third kappa shape index (κ3) is 3.07. The molecule has 2 rings (SSSR count). The van der Waals surface area contributed by atoms with Gasteiger partial charge in [0, 0.05) is 15.3 Å². The molecule has 0 saturated carbocycles. The fraction of sp³-hybridized carbons (Fsp3) is 0.312. The summed E-state index contributed by atoms with van der Waals surface area (Å²) in [5.41, 5.74) is 2.30. The number of benzene rings is 1. The van der Waals surface area contributed by atoms with Gasteiger partial charge in [-0.05, 0) is 63.1 Å². The van der Waals surface area contributed by atoms with Crippen LogP contribution in [0.4, 0.5) is 4.39 Å². The lowest BCUT2D eigenvalue weighted by atomic mass is 10.1. The number of aryl methyl sites for hydroxylation is 3. The molecular formula is C16H18FNOS. The maximum atomic E-state index is 13.1. The number of rotatable bonds is 3. The topological polar surface area (TPSA) is 29.1 Å². The highest BCUT2D eigenvalue weighted by Crippen LogP contribution is 2.26. The van der Waals surface area contributed by atoms with Crippen LogP contribution in [-0.4, -0.2) is 5.91 Å². The molecule has 106 valence electrons. The highest BCUT2D eigenvalue weighted by atomic mass is 32.1. The standard InChI is InChI=1S/C16H18FNOS/c1-9-7-13(17)5-6-14(9)16(19)18-11(3)15-8-10(2)20-12(15)4/h5-8,11H,1-4H3,(H,18,19). The molecule has 2 nitrogen and oxygen atoms in total. The zero-order chi connectivity index (χ0) is 14.9. The molecule has 1 unspecified atom stereocenters. The summed E-state index contributed by atoms with van der Waals surface area (Å²) in [7, 11) is 0. The molecule has 1 heterocycles. The van der Waals surface area contributed by atoms with Crippen molar-refractivity contribution >= 4 is 17.2 Å². The van der Waals surface area contributed by atoms with E-state index in [9.17, 15) is 9.18 Å². The summed E-state index contributed by atoms with van der Waals surface area (Å²) < 4.78 is 13.1. The first-order chi connectivity index (χ1) is 9.38. The molecule has 0 spiro atoms. The number of halogens is 1. The molecule has 4 heteroatoms. The molecule has 0 saturated heterocycles. The Bertz CT molecular complexity index is 648. The van der Waals surface area contributed by atoms with Crippen LogP contribution < -0.4 is 5.32 Å². The largest absolute Gasteiger partial charge is 0.345 e. The minimum absolute atomic E-state index is 0.0584. The van der Waals surface area contributed by atoms with Crippen molar-refractivity contribution in [2.75, 3.05) is 0 Å². The van der Waals surface area contributed by atoms with Crippen molar-refractivity contribution in [3.63, 3.8) is 0 Å². The summed E-state index contributed by atoms with van der Waals surface area (Å²) in [4.78, 5) is 14.7. The average Bonchev–Trinajstić information content (AvgIpc) is 2.68. The zero-order valence-corrected chi connectivity index (χ0v) is 12.9. The first kappa shape index (κ1) is 14.7. The summed E-state index contributed by atoms with van der Waals surface area (Å²) in [6.45, 7) is 7.81. The second-order valence-electron chi connectivity index (χ2n) is 5.02. The van der Waals surface area contributed by atoms with Gasteiger partial charge < -0.3 is 5.32 Å². The van der Waals surface area contributed by atoms with Crippen molar-refractivity contribution in [2.24, 2.45) is 0 Å². The molecule has 0 radical (unpaired) electrons. The van der Waals surface area contributed by atoms with Gasteiger partial charge in [0.15, 0.2) is 0 Å². The Balaban J connectivity index is 2.17. The van der Waals surface area contributed by atoms with E-state index in [-0.39, 0.29) is 17.8 Å². The fourth-order valence-corrected chi connectivity index (χ4v) is 3.34. The third-order valence-electron chi connectivity index (χ3n) is 3.33. The minimum atomic E-state index is -0.323. The Kier molecular flexibility index (Phi) is 4.23. The van der Waals surface area contributed by atoms with Crippen LogP contribution in [0.2, 0.25) is 0 Å². The summed E-state index contributed by atoms with van der Waals surface area (Å²) in [6, 6.07) is 6.25. The van der Waals surface area contributed by atoms with Gasteiger partial charge in [0.25, 0.3) is 5.91 Å². The van der Waals surface area contributed by atoms with Gasteiger partial charge >= 0.3 is 0 Å². The summed E-state index contributed by atoms with van der Waals surface area (Å²) in [5, 5.41) is 2.97. The van der Waals surface area contributed by atoms with Gasteiger partial charge in [-0.15, -0.1) is 11.3 Å². The zero-order valence-electron chi connectivity index (χ0n) is 12.1. The predicted octanol–water partition coefficient (Wildman–Crippen LogP) is 4.30. The van der Waals surface area contributed by atoms with Crippen LogP contribution in [0.1, 0.15) is 44.2 Å². The van der Waals surface area contributed by atoms with Crippen LogP contribution in [0.15, 0.2) is 24.3 Å². The quantitative estimate of drug-likeness (QED) is 0.897. The summed E-state index contributed by atoms with van der Waals surface area (Å²) in [5.74, 6) is -0.491. The lowest BCUT2D eigenvalue weighted by molar-refractivity contribution is 0.0939. The number of amides is 1. The molecule has 20 heavy (non-hydrogen) atoms. The van der Waals surface area contributed by atoms with Gasteiger partial charge in [-0.1, -0.05) is 0 Å². The Labute approximate surface area is 122 Å². The molecular weight excluding hydrogens is 273 g/mol. The number of thiophene rings is 1. The number of carbonyl (C=O) groups is 1. The van der Waals surface area contributed by atoms with E-state index < -0.39 is 0 Å². The molecule has 1 atom stereocenters. The van der Waals surface area contributed by atoms with Gasteiger partial charge in [0.05, 0.1) is 6.04 Å². The van der Waals surface area contributed by atoms with E-state index in [0.717, 1.165) is 5.56 Å². The number of hydrogen-bond acceptors (Lipinski definition) is 2. The van der Waals surface area contributed by atoms with Crippen LogP contribution in [0, 0.1) is 26.6 Å². The predicted molar refractivity (Wildman–Crippen MR) is 80.8 cm³/mol. The second kappa shape index (κ2) is 5.75. The van der Waals surface area contributed by atoms with Gasteiger partial charge in [-0.3, -0.25) is 4.79 Å². The minimum Gasteiger partial charge on any atom is -0.345 e. The molecule has 0 aliphatic heterocycles. The third-order valence-corrected chi connectivity index (χ3v) is 4.31. The molecule has 0 aliphatic carbocycles. The Hall–Kier alpha value is -1.68. The van der Waals surface area contributed by atoms with Gasteiger partial charge in [-0.25, -0.2) is 4.39 Å². The van der Waals surface area contributed by atoms with Crippen LogP contribution in [0.25, 0.3) is 0 Å². The number of hydrogen-bond donors (Lipinski definition) is 1. The lowest BCUT2D eigenvalue weighted by Gasteiger charge is -2.15. The molecule has 0 fully saturated rings. The second-order valence-corrected chi connectivity index (χ2v) is 6.48. The lowest BCUT2D eigenvalue weighted by Crippen LogP contribution is -2.27. The van der Waals surface area contributed by atoms with Crippen molar-refractivity contribution < 1.29 is 9.18 Å². The van der Waals surface area contributed by atoms with E-state index in [0.29, 0.717) is 11.1 Å². The molecule has 0 aliphatic rings. The number of nitrogens with one attached hydrogen (secondary N) is 1. The van der Waals surface area contributed by atoms with Gasteiger partial charge in [0.2, 0.25) is 0 Å². The molecule has 1 N–H and O–H groups in total. The molecule has 0 bridgehead atoms. The smallest absolute Gasteiger partial charge is 0.252 e. The van der Waals surface area contributed by atoms with Gasteiger partial charge in [0.1, 0.15) is 5.82 Å². The summed E-state index contributed by atoms with van der Waals surface area (Å²) in [6.07, 6.45) is 0. The molecule has 2 aromatic rings. The first-order valence-corrected chi connectivity index (χ1v) is 7.34. The van der Waals surface area contributed by atoms with E-state index in [1.54, 1.807) is 18.3 Å². The normalized spacial score (nSPS) is 12.2. The van der Waals surface area contributed by atoms with Crippen molar-refractivity contribution in [1.29, 1.82) is 0 Å². The maximum absolute atomic E-state index is 13.1. The number of carbonyl (C=O) groups excluding carboxylic acids is 1. The highest BCUT2D eigenvalue weighted by Gasteiger charge is 2.16. The SMILES string of the molecule is Cc1cc(C(C)NC(=O)c2ccc(F)cc2C)c(C)s1. The van der Waals surface area contributed by atoms with Crippen LogP contribution in [-0.2, 0) is 0 Å². The maximum Gasteiger partial charge on any atom is 0.252 e. The fourth-order valence-electron chi connectivity index (χ4n) is 2.31. The first-order valence-electron chi connectivity index (χ1n) is 6.52. The van der Waals surface area contributed by atoms with Crippen molar-refractivity contribution in [2.45, 2.75) is 33.7 Å². The Morgan fingerprint density at radius 3 is 2.50 bits per heavy atom. The van der Waals surface area contributed by atoms with Gasteiger partial charge in [-0.2, -0.15) is 0 Å². The average molecular weight is 291 g/mol. The van der Waals surface area contributed by atoms with Crippen LogP contribution >= 0.6 is 11.3 Å². The van der Waals surface area contributed by atoms with E-state index in [4.69, 9.17) is 0 Å². The van der Waals surface area contributed by atoms with E-state index in [1.807, 2.05) is 6.92 Å². The van der Waals surface area contributed by atoms with Crippen LogP contribution in [0.3, 0.4) is 0 Å². The van der Waals surface area contributed by atoms with Crippen molar-refractivity contribution in [3.8, 4) is 0 Å². The summed E-state index contributed by atoms with van der Waals surface area (Å²) >= 11 is 1.72. The molecule has 1 aromatic carbocycles. The van der Waals surface area contributed by atoms with E-state index in [2.05, 4.69) is 25.2 Å². The van der Waals surface area contributed by atoms with E-state index >= 15 is 0 Å². The molecule has 1 aromatic heterocycles. The Morgan fingerprint density at radius 1 is 1.25 bits per heavy atom. The molecule has 1 amide bonds. The van der Waals surface area contributed by atoms with Crippen molar-refractivity contribution in [3.05, 3.63) is 56.5 Å². The Morgan fingerprint density at radius 2 is 1.95 bits per heavy atom. The van der Waals surface area contributed by atoms with Crippen molar-refractivity contribution in [1.82, 2.24) is 5.32 Å².